The number of nitrogens with zero attached hydrogens (tertiary/aromatic N) is 1. The van der Waals surface area contributed by atoms with Crippen molar-refractivity contribution in [2.45, 2.75) is 13.2 Å². The zero-order valence-electron chi connectivity index (χ0n) is 7.73. The molecule has 1 amide bonds. The molecule has 2 N–H and O–H groups in total. The number of rotatable bonds is 4. The van der Waals surface area contributed by atoms with Gasteiger partial charge in [0, 0.05) is 11.9 Å². The fourth-order valence-corrected chi connectivity index (χ4v) is 1.11. The second kappa shape index (κ2) is 5.10. The van der Waals surface area contributed by atoms with Crippen LogP contribution in [0.4, 0.5) is 0 Å². The summed E-state index contributed by atoms with van der Waals surface area (Å²) in [4.78, 5) is 11.2. The second-order valence-corrected chi connectivity index (χ2v) is 2.77. The van der Waals surface area contributed by atoms with Gasteiger partial charge in [-0.05, 0) is 12.1 Å². The Morgan fingerprint density at radius 1 is 1.71 bits per heavy atom. The van der Waals surface area contributed by atoms with Crippen LogP contribution in [-0.2, 0) is 17.9 Å². The van der Waals surface area contributed by atoms with Gasteiger partial charge in [-0.3, -0.25) is 4.79 Å². The minimum absolute atomic E-state index is 0.0740. The van der Waals surface area contributed by atoms with E-state index in [4.69, 9.17) is 11.5 Å². The van der Waals surface area contributed by atoms with E-state index >= 15 is 0 Å². The lowest BCUT2D eigenvalue weighted by Gasteiger charge is -2.06. The first kappa shape index (κ1) is 10.4. The van der Waals surface area contributed by atoms with E-state index in [-0.39, 0.29) is 25.6 Å². The number of carbonyl (C=O) groups excluding carboxylic acids is 1. The molecule has 1 aromatic heterocycles. The predicted molar refractivity (Wildman–Crippen MR) is 52.2 cm³/mol. The third-order valence-corrected chi connectivity index (χ3v) is 1.79. The molecule has 0 saturated heterocycles. The van der Waals surface area contributed by atoms with E-state index in [1.165, 1.54) is 0 Å². The van der Waals surface area contributed by atoms with Crippen molar-refractivity contribution in [1.82, 2.24) is 9.88 Å². The number of terminal acetylenes is 1. The first-order valence-corrected chi connectivity index (χ1v) is 4.23. The number of carbonyl (C=O) groups is 1. The maximum Gasteiger partial charge on any atom is 0.240 e. The van der Waals surface area contributed by atoms with Crippen molar-refractivity contribution in [2.75, 3.05) is 6.54 Å². The molecule has 0 aliphatic rings. The van der Waals surface area contributed by atoms with Gasteiger partial charge in [0.2, 0.25) is 5.91 Å². The molecule has 74 valence electrons. The van der Waals surface area contributed by atoms with Crippen molar-refractivity contribution in [3.63, 3.8) is 0 Å². The lowest BCUT2D eigenvalue weighted by molar-refractivity contribution is -0.121. The molecule has 14 heavy (non-hydrogen) atoms. The van der Waals surface area contributed by atoms with Gasteiger partial charge in [0.15, 0.2) is 0 Å². The smallest absolute Gasteiger partial charge is 0.240 e. The minimum atomic E-state index is -0.158. The van der Waals surface area contributed by atoms with Gasteiger partial charge in [0.05, 0.1) is 13.2 Å². The highest BCUT2D eigenvalue weighted by Gasteiger charge is 2.04. The predicted octanol–water partition coefficient (Wildman–Crippen LogP) is -0.270. The number of aromatic nitrogens is 1. The molecular formula is C10H12N2O2. The Morgan fingerprint density at radius 2 is 2.50 bits per heavy atom. The van der Waals surface area contributed by atoms with Crippen molar-refractivity contribution >= 4 is 5.91 Å². The first-order chi connectivity index (χ1) is 6.77. The highest BCUT2D eigenvalue weighted by atomic mass is 16.3. The van der Waals surface area contributed by atoms with Crippen LogP contribution in [0.15, 0.2) is 18.3 Å². The van der Waals surface area contributed by atoms with Gasteiger partial charge in [-0.15, -0.1) is 6.42 Å². The molecule has 0 aromatic carbocycles. The van der Waals surface area contributed by atoms with Crippen molar-refractivity contribution in [3.05, 3.63) is 24.0 Å². The van der Waals surface area contributed by atoms with Crippen LogP contribution in [0.1, 0.15) is 5.69 Å². The third kappa shape index (κ3) is 2.64. The largest absolute Gasteiger partial charge is 0.390 e. The van der Waals surface area contributed by atoms with Crippen molar-refractivity contribution < 1.29 is 9.90 Å². The second-order valence-electron chi connectivity index (χ2n) is 2.77. The van der Waals surface area contributed by atoms with Crippen LogP contribution < -0.4 is 5.32 Å². The molecule has 0 bridgehead atoms. The summed E-state index contributed by atoms with van der Waals surface area (Å²) in [7, 11) is 0. The number of aliphatic hydroxyl groups is 1. The Balaban J connectivity index is 2.52. The van der Waals surface area contributed by atoms with E-state index in [0.717, 1.165) is 0 Å². The van der Waals surface area contributed by atoms with Gasteiger partial charge >= 0.3 is 0 Å². The summed E-state index contributed by atoms with van der Waals surface area (Å²) < 4.78 is 1.67. The zero-order valence-corrected chi connectivity index (χ0v) is 7.73. The van der Waals surface area contributed by atoms with Crippen molar-refractivity contribution in [3.8, 4) is 12.3 Å². The van der Waals surface area contributed by atoms with E-state index in [0.29, 0.717) is 5.69 Å². The molecule has 0 unspecified atom stereocenters. The molecular weight excluding hydrogens is 180 g/mol. The molecule has 1 aromatic rings. The summed E-state index contributed by atoms with van der Waals surface area (Å²) in [5.74, 6) is 2.16. The monoisotopic (exact) mass is 192 g/mol. The van der Waals surface area contributed by atoms with Crippen LogP contribution in [0.25, 0.3) is 0 Å². The number of hydrogen-bond acceptors (Lipinski definition) is 2. The fourth-order valence-electron chi connectivity index (χ4n) is 1.11. The molecule has 0 radical (unpaired) electrons. The van der Waals surface area contributed by atoms with E-state index < -0.39 is 0 Å². The molecule has 0 atom stereocenters. The van der Waals surface area contributed by atoms with Gasteiger partial charge in [-0.25, -0.2) is 0 Å². The molecule has 0 saturated carbocycles. The molecule has 0 aliphatic heterocycles. The quantitative estimate of drug-likeness (QED) is 0.645. The Hall–Kier alpha value is -1.73. The lowest BCUT2D eigenvalue weighted by atomic mass is 10.4. The lowest BCUT2D eigenvalue weighted by Crippen LogP contribution is -2.28. The maximum atomic E-state index is 11.2. The Kier molecular flexibility index (Phi) is 3.77. The molecule has 0 fully saturated rings. The molecule has 4 nitrogen and oxygen atoms in total. The molecule has 1 rings (SSSR count). The van der Waals surface area contributed by atoms with Gasteiger partial charge in [0.25, 0.3) is 0 Å². The topological polar surface area (TPSA) is 54.3 Å². The maximum absolute atomic E-state index is 11.2. The van der Waals surface area contributed by atoms with E-state index in [2.05, 4.69) is 11.2 Å². The Labute approximate surface area is 82.5 Å². The van der Waals surface area contributed by atoms with Gasteiger partial charge in [-0.2, -0.15) is 0 Å². The molecule has 0 aliphatic carbocycles. The molecule has 4 heteroatoms. The van der Waals surface area contributed by atoms with E-state index in [1.807, 2.05) is 0 Å². The van der Waals surface area contributed by atoms with Gasteiger partial charge in [0.1, 0.15) is 6.54 Å². The van der Waals surface area contributed by atoms with Crippen LogP contribution >= 0.6 is 0 Å². The van der Waals surface area contributed by atoms with Crippen molar-refractivity contribution in [1.29, 1.82) is 0 Å². The van der Waals surface area contributed by atoms with Crippen LogP contribution in [0.2, 0.25) is 0 Å². The van der Waals surface area contributed by atoms with Crippen LogP contribution in [0.3, 0.4) is 0 Å². The summed E-state index contributed by atoms with van der Waals surface area (Å²) in [6.45, 7) is 0.342. The molecule has 1 heterocycles. The van der Waals surface area contributed by atoms with Crippen LogP contribution in [0.5, 0.6) is 0 Å². The van der Waals surface area contributed by atoms with Crippen molar-refractivity contribution in [2.24, 2.45) is 0 Å². The SMILES string of the molecule is C#CCNC(=O)Cn1cccc1CO. The molecule has 0 spiro atoms. The third-order valence-electron chi connectivity index (χ3n) is 1.79. The highest BCUT2D eigenvalue weighted by molar-refractivity contribution is 5.76. The highest BCUT2D eigenvalue weighted by Crippen LogP contribution is 2.01. The summed E-state index contributed by atoms with van der Waals surface area (Å²) in [5, 5.41) is 11.5. The summed E-state index contributed by atoms with van der Waals surface area (Å²) >= 11 is 0. The van der Waals surface area contributed by atoms with Crippen LogP contribution in [-0.4, -0.2) is 22.1 Å². The minimum Gasteiger partial charge on any atom is -0.390 e. The number of nitrogens with one attached hydrogen (secondary N) is 1. The zero-order chi connectivity index (χ0) is 10.4. The average molecular weight is 192 g/mol. The fraction of sp³-hybridized carbons (Fsp3) is 0.300. The standard InChI is InChI=1S/C10H12N2O2/c1-2-5-11-10(14)7-12-6-3-4-9(12)8-13/h1,3-4,6,13H,5,7-8H2,(H,11,14). The average Bonchev–Trinajstić information content (AvgIpc) is 2.62. The van der Waals surface area contributed by atoms with Gasteiger partial charge < -0.3 is 15.0 Å². The summed E-state index contributed by atoms with van der Waals surface area (Å²) in [5.41, 5.74) is 0.709. The van der Waals surface area contributed by atoms with E-state index in [9.17, 15) is 4.79 Å². The van der Waals surface area contributed by atoms with Crippen LogP contribution in [0, 0.1) is 12.3 Å². The number of aliphatic hydroxyl groups excluding tert-OH is 1. The summed E-state index contributed by atoms with van der Waals surface area (Å²) in [6, 6.07) is 3.54. The van der Waals surface area contributed by atoms with E-state index in [1.54, 1.807) is 22.9 Å². The summed E-state index contributed by atoms with van der Waals surface area (Å²) in [6.07, 6.45) is 6.73. The number of hydrogen-bond donors (Lipinski definition) is 2. The number of amides is 1. The Bertz CT molecular complexity index is 349. The normalized spacial score (nSPS) is 9.43. The Morgan fingerprint density at radius 3 is 3.14 bits per heavy atom. The first-order valence-electron chi connectivity index (χ1n) is 4.23. The van der Waals surface area contributed by atoms with Gasteiger partial charge in [-0.1, -0.05) is 5.92 Å².